The number of quaternary nitrogens is 1. The normalized spacial score (nSPS) is 13.8. The Balaban J connectivity index is 4.39. The number of carbonyl (C=O) groups excluding carboxylic acids is 2. The number of rotatable bonds is 38. The summed E-state index contributed by atoms with van der Waals surface area (Å²) >= 11 is 0. The molecule has 0 aromatic heterocycles. The van der Waals surface area contributed by atoms with Gasteiger partial charge in [-0.25, -0.2) is 0 Å². The standard InChI is InChI=1S/C41H80NO8P/c1-6-8-10-12-14-16-18-20-21-22-24-25-27-29-31-33-40(43)47-37-39(38-49-51(45,46)48-36-35-42(3,4)5)50-41(44)34-32-30-28-26-23-19-17-15-13-11-9-7-2/h22,24,39H,6-21,23,25-38H2,1-5H3/b24-22+/t39-/m1/s1. The van der Waals surface area contributed by atoms with Crippen molar-refractivity contribution in [2.45, 2.75) is 193 Å². The summed E-state index contributed by atoms with van der Waals surface area (Å²) in [4.78, 5) is 37.4. The highest BCUT2D eigenvalue weighted by Crippen LogP contribution is 2.38. The van der Waals surface area contributed by atoms with Crippen molar-refractivity contribution < 1.29 is 42.1 Å². The van der Waals surface area contributed by atoms with Crippen LogP contribution in [0.3, 0.4) is 0 Å². The van der Waals surface area contributed by atoms with Crippen LogP contribution in [-0.2, 0) is 32.7 Å². The van der Waals surface area contributed by atoms with Crippen LogP contribution in [0.5, 0.6) is 0 Å². The summed E-state index contributed by atoms with van der Waals surface area (Å²) in [6.07, 6.45) is 33.8. The molecule has 10 heteroatoms. The summed E-state index contributed by atoms with van der Waals surface area (Å²) < 4.78 is 33.8. The Hall–Kier alpha value is -1.25. The topological polar surface area (TPSA) is 111 Å². The number of unbranched alkanes of at least 4 members (excludes halogenated alkanes) is 22. The zero-order chi connectivity index (χ0) is 37.9. The van der Waals surface area contributed by atoms with Gasteiger partial charge in [0.15, 0.2) is 6.10 Å². The smallest absolute Gasteiger partial charge is 0.306 e. The van der Waals surface area contributed by atoms with Crippen LogP contribution < -0.4 is 4.89 Å². The zero-order valence-corrected chi connectivity index (χ0v) is 34.7. The van der Waals surface area contributed by atoms with Crippen molar-refractivity contribution in [3.63, 3.8) is 0 Å². The molecular weight excluding hydrogens is 665 g/mol. The van der Waals surface area contributed by atoms with Gasteiger partial charge in [0.05, 0.1) is 27.7 Å². The summed E-state index contributed by atoms with van der Waals surface area (Å²) in [5.74, 6) is -0.847. The minimum absolute atomic E-state index is 0.0300. The van der Waals surface area contributed by atoms with Crippen molar-refractivity contribution in [2.24, 2.45) is 0 Å². The number of hydrogen-bond acceptors (Lipinski definition) is 8. The first-order valence-corrected chi connectivity index (χ1v) is 22.4. The first kappa shape index (κ1) is 49.8. The number of phosphoric acid groups is 1. The van der Waals surface area contributed by atoms with Crippen LogP contribution in [0.2, 0.25) is 0 Å². The van der Waals surface area contributed by atoms with E-state index in [9.17, 15) is 19.0 Å². The van der Waals surface area contributed by atoms with E-state index in [1.807, 2.05) is 21.1 Å². The predicted molar refractivity (Wildman–Crippen MR) is 208 cm³/mol. The fraction of sp³-hybridized carbons (Fsp3) is 0.902. The predicted octanol–water partition coefficient (Wildman–Crippen LogP) is 10.8. The van der Waals surface area contributed by atoms with Gasteiger partial charge in [0.1, 0.15) is 19.8 Å². The van der Waals surface area contributed by atoms with Gasteiger partial charge in [-0.2, -0.15) is 0 Å². The van der Waals surface area contributed by atoms with E-state index in [2.05, 4.69) is 26.0 Å². The second-order valence-electron chi connectivity index (χ2n) is 15.4. The van der Waals surface area contributed by atoms with E-state index < -0.39 is 32.5 Å². The average Bonchev–Trinajstić information content (AvgIpc) is 3.07. The molecule has 1 unspecified atom stereocenters. The van der Waals surface area contributed by atoms with Crippen LogP contribution in [0.25, 0.3) is 0 Å². The lowest BCUT2D eigenvalue weighted by Crippen LogP contribution is -2.37. The molecule has 9 nitrogen and oxygen atoms in total. The van der Waals surface area contributed by atoms with Gasteiger partial charge in [-0.3, -0.25) is 14.2 Å². The maximum Gasteiger partial charge on any atom is 0.306 e. The molecule has 0 aromatic rings. The lowest BCUT2D eigenvalue weighted by atomic mass is 10.0. The van der Waals surface area contributed by atoms with Crippen molar-refractivity contribution in [3.8, 4) is 0 Å². The van der Waals surface area contributed by atoms with Crippen LogP contribution in [0.4, 0.5) is 0 Å². The third-order valence-electron chi connectivity index (χ3n) is 9.04. The Labute approximate surface area is 314 Å². The average molecular weight is 746 g/mol. The Morgan fingerprint density at radius 2 is 1.00 bits per heavy atom. The summed E-state index contributed by atoms with van der Waals surface area (Å²) in [6.45, 7) is 4.21. The highest BCUT2D eigenvalue weighted by atomic mass is 31.2. The van der Waals surface area contributed by atoms with E-state index >= 15 is 0 Å². The zero-order valence-electron chi connectivity index (χ0n) is 33.8. The molecule has 0 aliphatic rings. The molecule has 0 aliphatic carbocycles. The molecule has 0 bridgehead atoms. The number of ether oxygens (including phenoxy) is 2. The second kappa shape index (κ2) is 34.5. The Morgan fingerprint density at radius 3 is 1.47 bits per heavy atom. The third-order valence-corrected chi connectivity index (χ3v) is 10.00. The van der Waals surface area contributed by atoms with Crippen LogP contribution in [-0.4, -0.2) is 70.0 Å². The number of nitrogens with zero attached hydrogens (tertiary/aromatic N) is 1. The molecule has 51 heavy (non-hydrogen) atoms. The number of carbonyl (C=O) groups is 2. The third kappa shape index (κ3) is 38.3. The SMILES string of the molecule is CCCCCCCCCC/C=C/CCCCCC(=O)OC[C@H](COP(=O)([O-])OCC[N+](C)(C)C)OC(=O)CCCCCCCCCCCCCC. The summed E-state index contributed by atoms with van der Waals surface area (Å²) in [6, 6.07) is 0. The molecular formula is C41H80NO8P. The number of phosphoric ester groups is 1. The van der Waals surface area contributed by atoms with Gasteiger partial charge in [-0.1, -0.05) is 148 Å². The Bertz CT molecular complexity index is 891. The van der Waals surface area contributed by atoms with Crippen molar-refractivity contribution in [3.05, 3.63) is 12.2 Å². The largest absolute Gasteiger partial charge is 0.756 e. The van der Waals surface area contributed by atoms with Gasteiger partial charge in [-0.15, -0.1) is 0 Å². The van der Waals surface area contributed by atoms with E-state index in [1.54, 1.807) is 0 Å². The molecule has 0 heterocycles. The van der Waals surface area contributed by atoms with Gasteiger partial charge in [0.2, 0.25) is 0 Å². The maximum atomic E-state index is 12.6. The number of allylic oxidation sites excluding steroid dienone is 2. The van der Waals surface area contributed by atoms with E-state index in [0.717, 1.165) is 38.5 Å². The van der Waals surface area contributed by atoms with Crippen molar-refractivity contribution >= 4 is 19.8 Å². The lowest BCUT2D eigenvalue weighted by molar-refractivity contribution is -0.870. The van der Waals surface area contributed by atoms with E-state index in [1.165, 1.54) is 109 Å². The molecule has 0 radical (unpaired) electrons. The molecule has 0 spiro atoms. The summed E-state index contributed by atoms with van der Waals surface area (Å²) in [5, 5.41) is 0. The molecule has 0 amide bonds. The van der Waals surface area contributed by atoms with E-state index in [-0.39, 0.29) is 26.1 Å². The Kier molecular flexibility index (Phi) is 33.7. The molecule has 0 fully saturated rings. The van der Waals surface area contributed by atoms with Gasteiger partial charge in [0.25, 0.3) is 7.82 Å². The first-order valence-electron chi connectivity index (χ1n) is 20.9. The Morgan fingerprint density at radius 1 is 0.588 bits per heavy atom. The summed E-state index contributed by atoms with van der Waals surface area (Å²) in [5.41, 5.74) is 0. The van der Waals surface area contributed by atoms with Crippen LogP contribution >= 0.6 is 7.82 Å². The fourth-order valence-corrected chi connectivity index (χ4v) is 6.44. The van der Waals surface area contributed by atoms with Crippen LogP contribution in [0.1, 0.15) is 187 Å². The quantitative estimate of drug-likeness (QED) is 0.0202. The minimum atomic E-state index is -4.62. The van der Waals surface area contributed by atoms with Crippen molar-refractivity contribution in [1.82, 2.24) is 0 Å². The molecule has 2 atom stereocenters. The molecule has 302 valence electrons. The van der Waals surface area contributed by atoms with Crippen LogP contribution in [0.15, 0.2) is 12.2 Å². The van der Waals surface area contributed by atoms with Gasteiger partial charge < -0.3 is 27.9 Å². The highest BCUT2D eigenvalue weighted by molar-refractivity contribution is 7.45. The van der Waals surface area contributed by atoms with E-state index in [4.69, 9.17) is 18.5 Å². The number of likely N-dealkylation sites (N-methyl/N-ethyl adjacent to an activating group) is 1. The minimum Gasteiger partial charge on any atom is -0.756 e. The molecule has 0 saturated carbocycles. The second-order valence-corrected chi connectivity index (χ2v) is 16.8. The number of esters is 2. The molecule has 0 saturated heterocycles. The van der Waals surface area contributed by atoms with Gasteiger partial charge >= 0.3 is 11.9 Å². The van der Waals surface area contributed by atoms with Crippen molar-refractivity contribution in [2.75, 3.05) is 47.5 Å². The molecule has 0 aromatic carbocycles. The highest BCUT2D eigenvalue weighted by Gasteiger charge is 2.21. The van der Waals surface area contributed by atoms with Crippen LogP contribution in [0, 0.1) is 0 Å². The first-order chi connectivity index (χ1) is 24.5. The van der Waals surface area contributed by atoms with Crippen molar-refractivity contribution in [1.29, 1.82) is 0 Å². The summed E-state index contributed by atoms with van der Waals surface area (Å²) in [7, 11) is 1.17. The molecule has 0 rings (SSSR count). The monoisotopic (exact) mass is 746 g/mol. The van der Waals surface area contributed by atoms with Gasteiger partial charge in [-0.05, 0) is 38.5 Å². The lowest BCUT2D eigenvalue weighted by Gasteiger charge is -2.28. The van der Waals surface area contributed by atoms with E-state index in [0.29, 0.717) is 23.9 Å². The maximum absolute atomic E-state index is 12.6. The number of hydrogen-bond donors (Lipinski definition) is 0. The molecule has 0 N–H and O–H groups in total. The van der Waals surface area contributed by atoms with Gasteiger partial charge in [0, 0.05) is 12.8 Å². The fourth-order valence-electron chi connectivity index (χ4n) is 5.71. The molecule has 0 aliphatic heterocycles.